The van der Waals surface area contributed by atoms with E-state index in [0.29, 0.717) is 5.56 Å². The Morgan fingerprint density at radius 3 is 2.32 bits per heavy atom. The Balaban J connectivity index is 1.34. The molecule has 4 fully saturated rings. The van der Waals surface area contributed by atoms with Gasteiger partial charge in [-0.1, -0.05) is 12.1 Å². The molecule has 0 saturated heterocycles. The van der Waals surface area contributed by atoms with E-state index in [1.165, 1.54) is 31.0 Å². The van der Waals surface area contributed by atoms with Crippen LogP contribution in [0.5, 0.6) is 0 Å². The number of esters is 1. The van der Waals surface area contributed by atoms with Gasteiger partial charge in [-0.25, -0.2) is 4.79 Å². The van der Waals surface area contributed by atoms with Gasteiger partial charge in [0.05, 0.1) is 5.56 Å². The van der Waals surface area contributed by atoms with Crippen molar-refractivity contribution < 1.29 is 14.3 Å². The maximum atomic E-state index is 12.4. The fourth-order valence-corrected chi connectivity index (χ4v) is 6.20. The van der Waals surface area contributed by atoms with Crippen molar-refractivity contribution >= 4 is 23.6 Å². The number of thioether (sulfide) groups is 1. The quantitative estimate of drug-likeness (QED) is 0.644. The number of rotatable bonds is 5. The van der Waals surface area contributed by atoms with Gasteiger partial charge < -0.3 is 10.1 Å². The summed E-state index contributed by atoms with van der Waals surface area (Å²) in [4.78, 5) is 25.6. The summed E-state index contributed by atoms with van der Waals surface area (Å²) >= 11 is 1.50. The molecule has 0 aliphatic heterocycles. The standard InChI is InChI=1S/C20H25NO3S/c1-25-17-5-3-2-4-16(17)19(23)24-12-18(22)21-20-9-13-6-14(10-20)8-15(7-13)11-20/h2-5,13-15H,6-12H2,1H3,(H,21,22). The summed E-state index contributed by atoms with van der Waals surface area (Å²) in [6, 6.07) is 7.33. The van der Waals surface area contributed by atoms with Crippen molar-refractivity contribution in [2.45, 2.75) is 49.0 Å². The number of nitrogens with one attached hydrogen (secondary N) is 1. The number of hydrogen-bond donors (Lipinski definition) is 1. The lowest BCUT2D eigenvalue weighted by atomic mass is 9.53. The Hall–Kier alpha value is -1.49. The predicted molar refractivity (Wildman–Crippen MR) is 97.6 cm³/mol. The van der Waals surface area contributed by atoms with Crippen molar-refractivity contribution in [1.29, 1.82) is 0 Å². The van der Waals surface area contributed by atoms with Crippen molar-refractivity contribution in [1.82, 2.24) is 5.32 Å². The largest absolute Gasteiger partial charge is 0.452 e. The smallest absolute Gasteiger partial charge is 0.339 e. The second kappa shape index (κ2) is 6.67. The van der Waals surface area contributed by atoms with Gasteiger partial charge in [0.15, 0.2) is 6.61 Å². The molecule has 4 nitrogen and oxygen atoms in total. The molecular formula is C20H25NO3S. The monoisotopic (exact) mass is 359 g/mol. The van der Waals surface area contributed by atoms with Gasteiger partial charge in [-0.2, -0.15) is 0 Å². The number of ether oxygens (including phenoxy) is 1. The van der Waals surface area contributed by atoms with Crippen molar-refractivity contribution in [3.63, 3.8) is 0 Å². The molecule has 0 spiro atoms. The van der Waals surface area contributed by atoms with E-state index >= 15 is 0 Å². The van der Waals surface area contributed by atoms with Gasteiger partial charge in [-0.05, 0) is 74.7 Å². The summed E-state index contributed by atoms with van der Waals surface area (Å²) in [7, 11) is 0. The van der Waals surface area contributed by atoms with Crippen molar-refractivity contribution in [2.24, 2.45) is 17.8 Å². The van der Waals surface area contributed by atoms with Crippen LogP contribution in [-0.4, -0.2) is 30.3 Å². The highest BCUT2D eigenvalue weighted by Gasteiger charge is 2.51. The van der Waals surface area contributed by atoms with Gasteiger partial charge >= 0.3 is 5.97 Å². The molecule has 5 rings (SSSR count). The second-order valence-corrected chi connectivity index (χ2v) is 8.87. The molecule has 5 heteroatoms. The molecule has 0 radical (unpaired) electrons. The first-order valence-corrected chi connectivity index (χ1v) is 10.4. The van der Waals surface area contributed by atoms with Crippen LogP contribution >= 0.6 is 11.8 Å². The highest BCUT2D eigenvalue weighted by atomic mass is 32.2. The normalized spacial score (nSPS) is 32.4. The molecular weight excluding hydrogens is 334 g/mol. The van der Waals surface area contributed by atoms with E-state index in [2.05, 4.69) is 5.32 Å². The molecule has 25 heavy (non-hydrogen) atoms. The third kappa shape index (κ3) is 3.43. The Morgan fingerprint density at radius 2 is 1.72 bits per heavy atom. The van der Waals surface area contributed by atoms with Crippen LogP contribution < -0.4 is 5.32 Å². The van der Waals surface area contributed by atoms with E-state index in [-0.39, 0.29) is 18.1 Å². The van der Waals surface area contributed by atoms with Crippen LogP contribution in [0.25, 0.3) is 0 Å². The molecule has 4 aliphatic carbocycles. The molecule has 0 unspecified atom stereocenters. The first-order valence-electron chi connectivity index (χ1n) is 9.18. The van der Waals surface area contributed by atoms with Gasteiger partial charge in [-0.15, -0.1) is 11.8 Å². The minimum absolute atomic E-state index is 0.0323. The number of amides is 1. The van der Waals surface area contributed by atoms with Crippen LogP contribution in [0.3, 0.4) is 0 Å². The first-order chi connectivity index (χ1) is 12.1. The van der Waals surface area contributed by atoms with Crippen LogP contribution in [0.15, 0.2) is 29.2 Å². The lowest BCUT2D eigenvalue weighted by Crippen LogP contribution is -2.60. The van der Waals surface area contributed by atoms with E-state index in [1.54, 1.807) is 6.07 Å². The van der Waals surface area contributed by atoms with E-state index in [4.69, 9.17) is 4.74 Å². The number of carbonyl (C=O) groups is 2. The zero-order valence-corrected chi connectivity index (χ0v) is 15.4. The molecule has 0 atom stereocenters. The van der Waals surface area contributed by atoms with Gasteiger partial charge in [0.1, 0.15) is 0 Å². The molecule has 4 bridgehead atoms. The molecule has 134 valence electrons. The van der Waals surface area contributed by atoms with Gasteiger partial charge in [0.2, 0.25) is 0 Å². The summed E-state index contributed by atoms with van der Waals surface area (Å²) in [5.74, 6) is 1.76. The molecule has 1 aromatic carbocycles. The van der Waals surface area contributed by atoms with E-state index < -0.39 is 5.97 Å². The predicted octanol–water partition coefficient (Wildman–Crippen LogP) is 3.65. The van der Waals surface area contributed by atoms with E-state index in [9.17, 15) is 9.59 Å². The van der Waals surface area contributed by atoms with Crippen LogP contribution in [0.1, 0.15) is 48.9 Å². The van der Waals surface area contributed by atoms with Gasteiger partial charge in [0, 0.05) is 10.4 Å². The number of hydrogen-bond acceptors (Lipinski definition) is 4. The minimum Gasteiger partial charge on any atom is -0.452 e. The third-order valence-electron chi connectivity index (χ3n) is 6.10. The molecule has 4 saturated carbocycles. The zero-order valence-electron chi connectivity index (χ0n) is 14.6. The van der Waals surface area contributed by atoms with Crippen LogP contribution in [0, 0.1) is 17.8 Å². The van der Waals surface area contributed by atoms with E-state index in [1.807, 2.05) is 24.5 Å². The highest BCUT2D eigenvalue weighted by molar-refractivity contribution is 7.98. The minimum atomic E-state index is -0.425. The molecule has 1 aromatic rings. The summed E-state index contributed by atoms with van der Waals surface area (Å²) in [5, 5.41) is 3.24. The fourth-order valence-electron chi connectivity index (χ4n) is 5.62. The van der Waals surface area contributed by atoms with Gasteiger partial charge in [0.25, 0.3) is 5.91 Å². The number of carbonyl (C=O) groups excluding carboxylic acids is 2. The second-order valence-electron chi connectivity index (χ2n) is 8.02. The lowest BCUT2D eigenvalue weighted by Gasteiger charge is -2.56. The molecule has 1 amide bonds. The Kier molecular flexibility index (Phi) is 4.52. The molecule has 0 heterocycles. The zero-order chi connectivity index (χ0) is 17.4. The van der Waals surface area contributed by atoms with Crippen LogP contribution in [0.4, 0.5) is 0 Å². The topological polar surface area (TPSA) is 55.4 Å². The number of benzene rings is 1. The summed E-state index contributed by atoms with van der Waals surface area (Å²) in [6.07, 6.45) is 9.27. The first kappa shape index (κ1) is 17.0. The summed E-state index contributed by atoms with van der Waals surface area (Å²) in [5.41, 5.74) is 0.493. The van der Waals surface area contributed by atoms with Crippen molar-refractivity contribution in [2.75, 3.05) is 12.9 Å². The molecule has 1 N–H and O–H groups in total. The average molecular weight is 359 g/mol. The van der Waals surface area contributed by atoms with Crippen molar-refractivity contribution in [3.05, 3.63) is 29.8 Å². The maximum absolute atomic E-state index is 12.4. The van der Waals surface area contributed by atoms with Crippen LogP contribution in [-0.2, 0) is 9.53 Å². The summed E-state index contributed by atoms with van der Waals surface area (Å²) < 4.78 is 5.28. The Bertz CT molecular complexity index is 652. The Labute approximate surface area is 153 Å². The van der Waals surface area contributed by atoms with Gasteiger partial charge in [-0.3, -0.25) is 4.79 Å². The summed E-state index contributed by atoms with van der Waals surface area (Å²) in [6.45, 7) is -0.191. The fraction of sp³-hybridized carbons (Fsp3) is 0.600. The lowest BCUT2D eigenvalue weighted by molar-refractivity contribution is -0.130. The average Bonchev–Trinajstić information content (AvgIpc) is 2.58. The molecule has 0 aromatic heterocycles. The Morgan fingerprint density at radius 1 is 1.12 bits per heavy atom. The molecule has 4 aliphatic rings. The maximum Gasteiger partial charge on any atom is 0.339 e. The van der Waals surface area contributed by atoms with Crippen molar-refractivity contribution in [3.8, 4) is 0 Å². The highest BCUT2D eigenvalue weighted by Crippen LogP contribution is 2.55. The third-order valence-corrected chi connectivity index (χ3v) is 6.90. The van der Waals surface area contributed by atoms with E-state index in [0.717, 1.165) is 41.9 Å². The SMILES string of the molecule is CSc1ccccc1C(=O)OCC(=O)NC12CC3CC(CC(C3)C1)C2. The van der Waals surface area contributed by atoms with Crippen LogP contribution in [0.2, 0.25) is 0 Å².